The van der Waals surface area contributed by atoms with E-state index in [-0.39, 0.29) is 11.5 Å². The van der Waals surface area contributed by atoms with Gasteiger partial charge in [-0.2, -0.15) is 5.26 Å². The number of carbonyl (C=O) groups is 2. The minimum Gasteiger partial charge on any atom is -0.366 e. The maximum atomic E-state index is 12.5. The molecule has 3 N–H and O–H groups in total. The molecule has 1 atom stereocenters. The first kappa shape index (κ1) is 19.9. The number of amides is 2. The predicted octanol–water partition coefficient (Wildman–Crippen LogP) is 2.71. The molecule has 0 fully saturated rings. The second-order valence-corrected chi connectivity index (χ2v) is 7.16. The van der Waals surface area contributed by atoms with Crippen LogP contribution in [0.3, 0.4) is 0 Å². The van der Waals surface area contributed by atoms with Crippen LogP contribution < -0.4 is 11.1 Å². The number of primary amides is 1. The Kier molecular flexibility index (Phi) is 5.76. The first-order chi connectivity index (χ1) is 13.9. The number of anilines is 1. The van der Waals surface area contributed by atoms with Crippen molar-refractivity contribution in [2.45, 2.75) is 12.8 Å². The zero-order chi connectivity index (χ0) is 21.0. The van der Waals surface area contributed by atoms with Crippen LogP contribution in [-0.4, -0.2) is 26.8 Å². The monoisotopic (exact) mass is 404 g/mol. The molecular formula is C20H16N6O2S. The summed E-state index contributed by atoms with van der Waals surface area (Å²) in [5.41, 5.74) is 8.00. The zero-order valence-electron chi connectivity index (χ0n) is 15.4. The Balaban J connectivity index is 1.78. The molecule has 3 heterocycles. The van der Waals surface area contributed by atoms with Crippen molar-refractivity contribution in [1.82, 2.24) is 15.0 Å². The lowest BCUT2D eigenvalue weighted by Gasteiger charge is -2.12. The van der Waals surface area contributed by atoms with E-state index in [0.717, 1.165) is 22.5 Å². The number of nitrogens with zero attached hydrogens (tertiary/aromatic N) is 4. The van der Waals surface area contributed by atoms with Crippen LogP contribution in [0.15, 0.2) is 49.6 Å². The third kappa shape index (κ3) is 4.51. The van der Waals surface area contributed by atoms with Crippen molar-refractivity contribution in [1.29, 1.82) is 5.26 Å². The van der Waals surface area contributed by atoms with Crippen molar-refractivity contribution < 1.29 is 9.59 Å². The van der Waals surface area contributed by atoms with Crippen LogP contribution in [0, 0.1) is 11.3 Å². The van der Waals surface area contributed by atoms with E-state index in [9.17, 15) is 9.59 Å². The SMILES string of the molecule is C=C(C(N)=O)c1ccc(-c2cncc(C(C)C(=O)Nc3ncc(C#N)s3)c2)cn1. The van der Waals surface area contributed by atoms with Gasteiger partial charge in [0.15, 0.2) is 5.13 Å². The summed E-state index contributed by atoms with van der Waals surface area (Å²) in [6.07, 6.45) is 6.28. The number of thiazole rings is 1. The molecule has 0 saturated heterocycles. The minimum atomic E-state index is -0.629. The smallest absolute Gasteiger partial charge is 0.250 e. The number of nitriles is 1. The Morgan fingerprint density at radius 1 is 1.21 bits per heavy atom. The van der Waals surface area contributed by atoms with E-state index < -0.39 is 11.8 Å². The van der Waals surface area contributed by atoms with Crippen LogP contribution in [0.5, 0.6) is 0 Å². The van der Waals surface area contributed by atoms with Crippen LogP contribution in [0.4, 0.5) is 5.13 Å². The molecule has 29 heavy (non-hydrogen) atoms. The zero-order valence-corrected chi connectivity index (χ0v) is 16.2. The number of pyridine rings is 2. The van der Waals surface area contributed by atoms with Gasteiger partial charge in [-0.05, 0) is 24.6 Å². The van der Waals surface area contributed by atoms with Gasteiger partial charge in [0.05, 0.1) is 23.4 Å². The van der Waals surface area contributed by atoms with Crippen LogP contribution in [-0.2, 0) is 9.59 Å². The van der Waals surface area contributed by atoms with E-state index in [0.29, 0.717) is 21.3 Å². The second-order valence-electron chi connectivity index (χ2n) is 6.13. The maximum absolute atomic E-state index is 12.5. The second kappa shape index (κ2) is 8.41. The summed E-state index contributed by atoms with van der Waals surface area (Å²) < 4.78 is 0. The Bertz CT molecular complexity index is 1130. The molecule has 0 aliphatic heterocycles. The van der Waals surface area contributed by atoms with Gasteiger partial charge in [0, 0.05) is 29.7 Å². The van der Waals surface area contributed by atoms with Crippen molar-refractivity contribution >= 4 is 33.9 Å². The lowest BCUT2D eigenvalue weighted by molar-refractivity contribution is -0.117. The number of carbonyl (C=O) groups excluding carboxylic acids is 2. The number of nitrogens with one attached hydrogen (secondary N) is 1. The lowest BCUT2D eigenvalue weighted by Crippen LogP contribution is -2.18. The Morgan fingerprint density at radius 2 is 2.00 bits per heavy atom. The quantitative estimate of drug-likeness (QED) is 0.607. The van der Waals surface area contributed by atoms with E-state index in [1.165, 1.54) is 6.20 Å². The Labute approximate surface area is 170 Å². The van der Waals surface area contributed by atoms with Crippen molar-refractivity contribution in [3.63, 3.8) is 0 Å². The Hall–Kier alpha value is -3.90. The Morgan fingerprint density at radius 3 is 2.62 bits per heavy atom. The van der Waals surface area contributed by atoms with E-state index in [4.69, 9.17) is 11.0 Å². The molecule has 3 aromatic heterocycles. The summed E-state index contributed by atoms with van der Waals surface area (Å²) in [5, 5.41) is 11.9. The van der Waals surface area contributed by atoms with Gasteiger partial charge in [0.1, 0.15) is 10.9 Å². The largest absolute Gasteiger partial charge is 0.366 e. The summed E-state index contributed by atoms with van der Waals surface area (Å²) in [7, 11) is 0. The van der Waals surface area contributed by atoms with Gasteiger partial charge in [-0.15, -0.1) is 0 Å². The number of aromatic nitrogens is 3. The topological polar surface area (TPSA) is 135 Å². The highest BCUT2D eigenvalue weighted by atomic mass is 32.1. The summed E-state index contributed by atoms with van der Waals surface area (Å²) >= 11 is 1.11. The van der Waals surface area contributed by atoms with E-state index in [1.807, 2.05) is 12.1 Å². The fourth-order valence-corrected chi connectivity index (χ4v) is 3.09. The molecule has 3 aromatic rings. The summed E-state index contributed by atoms with van der Waals surface area (Å²) in [5.74, 6) is -1.37. The highest BCUT2D eigenvalue weighted by Crippen LogP contribution is 2.25. The molecule has 8 nitrogen and oxygen atoms in total. The number of hydrogen-bond acceptors (Lipinski definition) is 7. The molecule has 0 saturated carbocycles. The molecule has 0 aliphatic carbocycles. The molecule has 9 heteroatoms. The maximum Gasteiger partial charge on any atom is 0.250 e. The molecule has 0 aliphatic rings. The normalized spacial score (nSPS) is 11.3. The van der Waals surface area contributed by atoms with E-state index in [2.05, 4.69) is 26.8 Å². The third-order valence-electron chi connectivity index (χ3n) is 4.20. The van der Waals surface area contributed by atoms with Crippen LogP contribution in [0.2, 0.25) is 0 Å². The van der Waals surface area contributed by atoms with Gasteiger partial charge in [-0.3, -0.25) is 19.6 Å². The molecule has 0 radical (unpaired) electrons. The molecule has 144 valence electrons. The molecule has 0 bridgehead atoms. The lowest BCUT2D eigenvalue weighted by atomic mass is 9.99. The predicted molar refractivity (Wildman–Crippen MR) is 110 cm³/mol. The molecule has 0 spiro atoms. The fraction of sp³-hybridized carbons (Fsp3) is 0.100. The fourth-order valence-electron chi connectivity index (χ4n) is 2.47. The first-order valence-corrected chi connectivity index (χ1v) is 9.28. The summed E-state index contributed by atoms with van der Waals surface area (Å²) in [6.45, 7) is 5.37. The molecule has 2 amide bonds. The van der Waals surface area contributed by atoms with Gasteiger partial charge in [0.2, 0.25) is 11.8 Å². The number of hydrogen-bond donors (Lipinski definition) is 2. The minimum absolute atomic E-state index is 0.135. The van der Waals surface area contributed by atoms with Crippen LogP contribution in [0.25, 0.3) is 16.7 Å². The average Bonchev–Trinajstić information content (AvgIpc) is 3.20. The van der Waals surface area contributed by atoms with Crippen molar-refractivity contribution in [3.05, 3.63) is 65.7 Å². The van der Waals surface area contributed by atoms with Crippen LogP contribution in [0.1, 0.15) is 29.0 Å². The van der Waals surface area contributed by atoms with E-state index >= 15 is 0 Å². The third-order valence-corrected chi connectivity index (χ3v) is 5.02. The summed E-state index contributed by atoms with van der Waals surface area (Å²) in [4.78, 5) is 36.6. The van der Waals surface area contributed by atoms with Crippen molar-refractivity contribution in [3.8, 4) is 17.2 Å². The first-order valence-electron chi connectivity index (χ1n) is 8.46. The van der Waals surface area contributed by atoms with Gasteiger partial charge in [-0.25, -0.2) is 4.98 Å². The number of nitrogens with two attached hydrogens (primary N) is 1. The molecule has 1 unspecified atom stereocenters. The van der Waals surface area contributed by atoms with Crippen molar-refractivity contribution in [2.75, 3.05) is 5.32 Å². The van der Waals surface area contributed by atoms with Gasteiger partial charge in [0.25, 0.3) is 0 Å². The molecular weight excluding hydrogens is 388 g/mol. The van der Waals surface area contributed by atoms with Gasteiger partial charge in [-0.1, -0.05) is 24.0 Å². The van der Waals surface area contributed by atoms with Crippen molar-refractivity contribution in [2.24, 2.45) is 5.73 Å². The highest BCUT2D eigenvalue weighted by molar-refractivity contribution is 7.16. The average molecular weight is 404 g/mol. The van der Waals surface area contributed by atoms with Gasteiger partial charge >= 0.3 is 0 Å². The highest BCUT2D eigenvalue weighted by Gasteiger charge is 2.18. The summed E-state index contributed by atoms with van der Waals surface area (Å²) in [6, 6.07) is 7.26. The van der Waals surface area contributed by atoms with E-state index in [1.54, 1.807) is 37.6 Å². The molecule has 0 aromatic carbocycles. The van der Waals surface area contributed by atoms with Crippen LogP contribution >= 0.6 is 11.3 Å². The molecule has 3 rings (SSSR count). The standard InChI is InChI=1S/C20H16N6O2S/c1-11(19(28)26-20-25-10-16(6-21)29-20)14-5-15(8-23-7-14)13-3-4-17(24-9-13)12(2)18(22)27/h3-5,7-11H,2H2,1H3,(H2,22,27)(H,25,26,28). The van der Waals surface area contributed by atoms with Gasteiger partial charge < -0.3 is 11.1 Å². The number of rotatable bonds is 6.